The van der Waals surface area contributed by atoms with Gasteiger partial charge in [0.25, 0.3) is 5.56 Å². The number of aromatic amines is 1. The highest BCUT2D eigenvalue weighted by molar-refractivity contribution is 6.15. The molecule has 0 spiro atoms. The summed E-state index contributed by atoms with van der Waals surface area (Å²) in [5.74, 6) is -0.520. The molecule has 0 bridgehead atoms. The molecule has 6 heteroatoms. The van der Waals surface area contributed by atoms with E-state index < -0.39 is 5.97 Å². The molecule has 0 aliphatic carbocycles. The van der Waals surface area contributed by atoms with Crippen LogP contribution >= 0.6 is 0 Å². The lowest BCUT2D eigenvalue weighted by atomic mass is 10.0. The maximum atomic E-state index is 12.2. The number of fused-ring (bicyclic) bond motifs is 3. The van der Waals surface area contributed by atoms with Gasteiger partial charge in [-0.15, -0.1) is 0 Å². The van der Waals surface area contributed by atoms with Gasteiger partial charge in [0.05, 0.1) is 35.7 Å². The van der Waals surface area contributed by atoms with Gasteiger partial charge in [0.2, 0.25) is 5.71 Å². The second kappa shape index (κ2) is 4.19. The van der Waals surface area contributed by atoms with Crippen molar-refractivity contribution in [2.75, 3.05) is 7.11 Å². The zero-order valence-corrected chi connectivity index (χ0v) is 11.2. The quantitative estimate of drug-likeness (QED) is 0.685. The molecule has 3 heterocycles. The number of rotatable bonds is 1. The van der Waals surface area contributed by atoms with E-state index in [0.717, 1.165) is 0 Å². The zero-order chi connectivity index (χ0) is 14.4. The molecular weight excluding hydrogens is 260 g/mol. The zero-order valence-electron chi connectivity index (χ0n) is 11.2. The molecule has 102 valence electrons. The number of H-pyrrole nitrogens is 1. The van der Waals surface area contributed by atoms with E-state index in [0.29, 0.717) is 38.8 Å². The van der Waals surface area contributed by atoms with E-state index in [9.17, 15) is 9.59 Å². The molecule has 0 fully saturated rings. The molecule has 0 atom stereocenters. The average molecular weight is 272 g/mol. The summed E-state index contributed by atoms with van der Waals surface area (Å²) < 4.78 is 10.0. The van der Waals surface area contributed by atoms with Crippen LogP contribution in [0.15, 0.2) is 21.5 Å². The molecule has 0 aliphatic rings. The van der Waals surface area contributed by atoms with Gasteiger partial charge in [-0.25, -0.2) is 4.79 Å². The third-order valence-electron chi connectivity index (χ3n) is 3.34. The number of hydrogen-bond acceptors (Lipinski definition) is 5. The van der Waals surface area contributed by atoms with Gasteiger partial charge in [0, 0.05) is 10.8 Å². The molecule has 6 nitrogen and oxygen atoms in total. The fraction of sp³-hybridized carbons (Fsp3) is 0.214. The van der Waals surface area contributed by atoms with E-state index in [1.54, 1.807) is 19.9 Å². The number of pyridine rings is 2. The van der Waals surface area contributed by atoms with E-state index in [1.807, 2.05) is 0 Å². The lowest BCUT2D eigenvalue weighted by Crippen LogP contribution is -2.14. The van der Waals surface area contributed by atoms with Crippen LogP contribution < -0.4 is 5.56 Å². The Bertz CT molecular complexity index is 905. The number of carbonyl (C=O) groups excluding carboxylic acids is 1. The van der Waals surface area contributed by atoms with Crippen molar-refractivity contribution in [3.8, 4) is 0 Å². The van der Waals surface area contributed by atoms with Gasteiger partial charge >= 0.3 is 5.97 Å². The fourth-order valence-electron chi connectivity index (χ4n) is 2.52. The Morgan fingerprint density at radius 3 is 2.75 bits per heavy atom. The number of aryl methyl sites for hydroxylation is 2. The number of methoxy groups -OCH3 is 1. The molecule has 0 aliphatic heterocycles. The second-order valence-corrected chi connectivity index (χ2v) is 4.52. The maximum absolute atomic E-state index is 12.2. The van der Waals surface area contributed by atoms with Gasteiger partial charge in [0.15, 0.2) is 0 Å². The Morgan fingerprint density at radius 1 is 1.30 bits per heavy atom. The van der Waals surface area contributed by atoms with Crippen LogP contribution in [0.5, 0.6) is 0 Å². The first kappa shape index (κ1) is 12.4. The van der Waals surface area contributed by atoms with Crippen molar-refractivity contribution in [1.82, 2.24) is 9.97 Å². The Balaban J connectivity index is 2.68. The van der Waals surface area contributed by atoms with Crippen LogP contribution in [0.2, 0.25) is 0 Å². The third-order valence-corrected chi connectivity index (χ3v) is 3.34. The summed E-state index contributed by atoms with van der Waals surface area (Å²) in [6.45, 7) is 3.45. The molecule has 3 aromatic heterocycles. The monoisotopic (exact) mass is 272 g/mol. The standard InChI is InChI=1S/C14H12N2O4/c1-6-9-11(10(7(2)15-6)14(18)19-3)8-4-5-20-13(8)16-12(9)17/h4-5H,1-3H3,(H,16,17). The Kier molecular flexibility index (Phi) is 2.60. The van der Waals surface area contributed by atoms with Crippen LogP contribution in [0.3, 0.4) is 0 Å². The van der Waals surface area contributed by atoms with Crippen molar-refractivity contribution in [2.24, 2.45) is 0 Å². The second-order valence-electron chi connectivity index (χ2n) is 4.52. The summed E-state index contributed by atoms with van der Waals surface area (Å²) in [4.78, 5) is 31.1. The molecule has 0 amide bonds. The van der Waals surface area contributed by atoms with Crippen LogP contribution in [0.4, 0.5) is 0 Å². The number of furan rings is 1. The normalized spacial score (nSPS) is 11.2. The summed E-state index contributed by atoms with van der Waals surface area (Å²) in [6, 6.07) is 1.71. The first-order valence-corrected chi connectivity index (χ1v) is 6.03. The van der Waals surface area contributed by atoms with Crippen LogP contribution in [0, 0.1) is 13.8 Å². The largest absolute Gasteiger partial charge is 0.465 e. The van der Waals surface area contributed by atoms with Crippen LogP contribution in [0.25, 0.3) is 21.9 Å². The molecule has 0 aromatic carbocycles. The van der Waals surface area contributed by atoms with E-state index in [-0.39, 0.29) is 5.56 Å². The topological polar surface area (TPSA) is 85.2 Å². The lowest BCUT2D eigenvalue weighted by Gasteiger charge is -2.10. The van der Waals surface area contributed by atoms with E-state index in [1.165, 1.54) is 13.4 Å². The van der Waals surface area contributed by atoms with Gasteiger partial charge < -0.3 is 9.15 Å². The van der Waals surface area contributed by atoms with Gasteiger partial charge in [0.1, 0.15) is 0 Å². The maximum Gasteiger partial charge on any atom is 0.340 e. The number of nitrogens with zero attached hydrogens (tertiary/aromatic N) is 1. The average Bonchev–Trinajstić information content (AvgIpc) is 2.85. The minimum atomic E-state index is -0.520. The molecule has 3 aromatic rings. The van der Waals surface area contributed by atoms with Gasteiger partial charge in [-0.3, -0.25) is 14.8 Å². The first-order valence-electron chi connectivity index (χ1n) is 6.03. The predicted molar refractivity (Wildman–Crippen MR) is 72.9 cm³/mol. The highest BCUT2D eigenvalue weighted by Gasteiger charge is 2.21. The number of esters is 1. The van der Waals surface area contributed by atoms with E-state index in [4.69, 9.17) is 9.15 Å². The van der Waals surface area contributed by atoms with Gasteiger partial charge in [-0.05, 0) is 19.9 Å². The number of hydrogen-bond donors (Lipinski definition) is 1. The Labute approximate surface area is 113 Å². The van der Waals surface area contributed by atoms with Crippen molar-refractivity contribution in [3.63, 3.8) is 0 Å². The molecule has 1 N–H and O–H groups in total. The molecular formula is C14H12N2O4. The molecule has 0 radical (unpaired) electrons. The summed E-state index contributed by atoms with van der Waals surface area (Å²) in [7, 11) is 1.30. The SMILES string of the molecule is COC(=O)c1c(C)nc(C)c2c(=O)[nH]c3occc3c12. The minimum absolute atomic E-state index is 0.297. The molecule has 0 saturated heterocycles. The van der Waals surface area contributed by atoms with Crippen molar-refractivity contribution in [1.29, 1.82) is 0 Å². The number of aromatic nitrogens is 2. The van der Waals surface area contributed by atoms with Crippen LogP contribution in [0.1, 0.15) is 21.7 Å². The number of ether oxygens (including phenoxy) is 1. The molecule has 3 rings (SSSR count). The van der Waals surface area contributed by atoms with Crippen LogP contribution in [-0.4, -0.2) is 23.0 Å². The first-order chi connectivity index (χ1) is 9.54. The summed E-state index contributed by atoms with van der Waals surface area (Å²) >= 11 is 0. The van der Waals surface area contributed by atoms with E-state index in [2.05, 4.69) is 9.97 Å². The lowest BCUT2D eigenvalue weighted by molar-refractivity contribution is 0.0602. The van der Waals surface area contributed by atoms with Gasteiger partial charge in [-0.1, -0.05) is 0 Å². The molecule has 20 heavy (non-hydrogen) atoms. The van der Waals surface area contributed by atoms with Crippen molar-refractivity contribution < 1.29 is 13.9 Å². The molecule has 0 unspecified atom stereocenters. The number of nitrogens with one attached hydrogen (secondary N) is 1. The number of carbonyl (C=O) groups is 1. The summed E-state index contributed by atoms with van der Waals surface area (Å²) in [6.07, 6.45) is 1.46. The Hall–Kier alpha value is -2.63. The third kappa shape index (κ3) is 1.54. The van der Waals surface area contributed by atoms with Gasteiger partial charge in [-0.2, -0.15) is 0 Å². The fourth-order valence-corrected chi connectivity index (χ4v) is 2.52. The Morgan fingerprint density at radius 2 is 2.05 bits per heavy atom. The van der Waals surface area contributed by atoms with Crippen molar-refractivity contribution in [3.05, 3.63) is 39.6 Å². The van der Waals surface area contributed by atoms with Crippen molar-refractivity contribution in [2.45, 2.75) is 13.8 Å². The molecule has 0 saturated carbocycles. The van der Waals surface area contributed by atoms with Crippen LogP contribution in [-0.2, 0) is 4.74 Å². The summed E-state index contributed by atoms with van der Waals surface area (Å²) in [5, 5.41) is 1.56. The van der Waals surface area contributed by atoms with Crippen molar-refractivity contribution >= 4 is 27.8 Å². The van der Waals surface area contributed by atoms with E-state index >= 15 is 0 Å². The highest BCUT2D eigenvalue weighted by atomic mass is 16.5. The predicted octanol–water partition coefficient (Wildman–Crippen LogP) is 2.07. The summed E-state index contributed by atoms with van der Waals surface area (Å²) in [5.41, 5.74) is 1.38. The smallest absolute Gasteiger partial charge is 0.340 e. The highest BCUT2D eigenvalue weighted by Crippen LogP contribution is 2.28. The minimum Gasteiger partial charge on any atom is -0.465 e.